The van der Waals surface area contributed by atoms with Crippen LogP contribution in [0.15, 0.2) is 47.4 Å². The van der Waals surface area contributed by atoms with Crippen molar-refractivity contribution < 1.29 is 14.3 Å². The molecular weight excluding hydrogens is 359 g/mol. The van der Waals surface area contributed by atoms with Crippen molar-refractivity contribution in [3.63, 3.8) is 0 Å². The Morgan fingerprint density at radius 3 is 2.54 bits per heavy atom. The normalized spacial score (nSPS) is 15.0. The number of primary amides is 1. The molecular formula is C22H21FN2O3. The summed E-state index contributed by atoms with van der Waals surface area (Å²) in [4.78, 5) is 24.2. The number of hydrogen-bond acceptors (Lipinski definition) is 3. The van der Waals surface area contributed by atoms with Crippen LogP contribution in [0.2, 0.25) is 0 Å². The molecule has 1 aliphatic carbocycles. The minimum atomic E-state index is -0.882. The molecule has 0 aliphatic heterocycles. The minimum Gasteiger partial charge on any atom is -0.508 e. The van der Waals surface area contributed by atoms with Gasteiger partial charge in [0.2, 0.25) is 5.43 Å². The van der Waals surface area contributed by atoms with Crippen LogP contribution < -0.4 is 11.2 Å². The number of benzene rings is 2. The highest BCUT2D eigenvalue weighted by atomic mass is 19.1. The summed E-state index contributed by atoms with van der Waals surface area (Å²) in [7, 11) is 0. The molecule has 0 bridgehead atoms. The lowest BCUT2D eigenvalue weighted by Gasteiger charge is -2.23. The van der Waals surface area contributed by atoms with E-state index >= 15 is 0 Å². The maximum absolute atomic E-state index is 13.7. The number of phenolic OH excluding ortho intramolecular Hbond substituents is 1. The van der Waals surface area contributed by atoms with E-state index in [-0.39, 0.29) is 16.7 Å². The number of aromatic hydroxyl groups is 1. The van der Waals surface area contributed by atoms with Gasteiger partial charge in [-0.05, 0) is 48.6 Å². The summed E-state index contributed by atoms with van der Waals surface area (Å²) in [5, 5.41) is 10.7. The third-order valence-corrected chi connectivity index (χ3v) is 5.57. The predicted molar refractivity (Wildman–Crippen MR) is 106 cm³/mol. The molecule has 0 saturated heterocycles. The Hall–Kier alpha value is -3.15. The molecule has 1 saturated carbocycles. The molecule has 5 nitrogen and oxygen atoms in total. The Balaban J connectivity index is 1.89. The number of nitrogens with zero attached hydrogens (tertiary/aromatic N) is 1. The second-order valence-electron chi connectivity index (χ2n) is 7.35. The molecule has 6 heteroatoms. The van der Waals surface area contributed by atoms with Crippen molar-refractivity contribution in [2.75, 3.05) is 0 Å². The highest BCUT2D eigenvalue weighted by Crippen LogP contribution is 2.38. The highest BCUT2D eigenvalue weighted by molar-refractivity contribution is 5.96. The Kier molecular flexibility index (Phi) is 4.63. The van der Waals surface area contributed by atoms with Crippen molar-refractivity contribution in [3.8, 4) is 11.4 Å². The molecule has 0 radical (unpaired) electrons. The molecule has 1 aromatic heterocycles. The van der Waals surface area contributed by atoms with Gasteiger partial charge in [-0.3, -0.25) is 9.59 Å². The number of halogens is 1. The summed E-state index contributed by atoms with van der Waals surface area (Å²) < 4.78 is 15.3. The van der Waals surface area contributed by atoms with E-state index < -0.39 is 17.2 Å². The fourth-order valence-corrected chi connectivity index (χ4v) is 4.13. The number of carbonyl (C=O) groups excluding carboxylic acids is 1. The van der Waals surface area contributed by atoms with E-state index in [0.717, 1.165) is 37.3 Å². The fourth-order valence-electron chi connectivity index (χ4n) is 4.13. The van der Waals surface area contributed by atoms with Crippen LogP contribution in [0.1, 0.15) is 53.9 Å². The van der Waals surface area contributed by atoms with Crippen LogP contribution in [0, 0.1) is 5.82 Å². The second kappa shape index (κ2) is 7.11. The maximum Gasteiger partial charge on any atom is 0.254 e. The Morgan fingerprint density at radius 2 is 1.86 bits per heavy atom. The number of rotatable bonds is 3. The molecule has 1 amide bonds. The number of phenols is 1. The van der Waals surface area contributed by atoms with Crippen LogP contribution in [0.25, 0.3) is 16.6 Å². The van der Waals surface area contributed by atoms with Crippen LogP contribution in [0.3, 0.4) is 0 Å². The van der Waals surface area contributed by atoms with Gasteiger partial charge in [0.1, 0.15) is 17.1 Å². The summed E-state index contributed by atoms with van der Waals surface area (Å²) in [5.74, 6) is -0.941. The lowest BCUT2D eigenvalue weighted by molar-refractivity contribution is 0.0999. The zero-order valence-electron chi connectivity index (χ0n) is 15.3. The smallest absolute Gasteiger partial charge is 0.254 e. The van der Waals surface area contributed by atoms with Gasteiger partial charge < -0.3 is 15.4 Å². The van der Waals surface area contributed by atoms with Crippen molar-refractivity contribution in [2.24, 2.45) is 5.73 Å². The van der Waals surface area contributed by atoms with Gasteiger partial charge in [-0.1, -0.05) is 25.3 Å². The third kappa shape index (κ3) is 3.15. The number of carbonyl (C=O) groups is 1. The zero-order chi connectivity index (χ0) is 19.8. The molecule has 1 fully saturated rings. The number of hydrogen-bond donors (Lipinski definition) is 2. The first-order valence-corrected chi connectivity index (χ1v) is 9.43. The molecule has 0 atom stereocenters. The molecule has 1 aliphatic rings. The van der Waals surface area contributed by atoms with E-state index in [1.54, 1.807) is 10.6 Å². The van der Waals surface area contributed by atoms with Crippen LogP contribution in [0.4, 0.5) is 4.39 Å². The van der Waals surface area contributed by atoms with Gasteiger partial charge in [-0.25, -0.2) is 4.39 Å². The molecule has 4 rings (SSSR count). The van der Waals surface area contributed by atoms with Gasteiger partial charge >= 0.3 is 0 Å². The Morgan fingerprint density at radius 1 is 1.11 bits per heavy atom. The van der Waals surface area contributed by atoms with Crippen molar-refractivity contribution in [2.45, 2.75) is 38.0 Å². The summed E-state index contributed by atoms with van der Waals surface area (Å²) in [6.07, 6.45) is 7.00. The topological polar surface area (TPSA) is 85.3 Å². The Bertz CT molecular complexity index is 1130. The Labute approximate surface area is 161 Å². The first kappa shape index (κ1) is 18.2. The zero-order valence-corrected chi connectivity index (χ0v) is 15.3. The SMILES string of the molecule is NC(=O)c1cn(-c2ccc(C3CCCCC3)c(O)c2)c2ccc(F)cc2c1=O. The van der Waals surface area contributed by atoms with Gasteiger partial charge in [0.15, 0.2) is 0 Å². The van der Waals surface area contributed by atoms with E-state index in [4.69, 9.17) is 5.73 Å². The molecule has 0 unspecified atom stereocenters. The van der Waals surface area contributed by atoms with E-state index in [1.807, 2.05) is 12.1 Å². The number of nitrogens with two attached hydrogens (primary N) is 1. The summed E-state index contributed by atoms with van der Waals surface area (Å²) >= 11 is 0. The average molecular weight is 380 g/mol. The second-order valence-corrected chi connectivity index (χ2v) is 7.35. The third-order valence-electron chi connectivity index (χ3n) is 5.57. The van der Waals surface area contributed by atoms with Crippen LogP contribution in [-0.2, 0) is 0 Å². The number of aromatic nitrogens is 1. The highest BCUT2D eigenvalue weighted by Gasteiger charge is 2.20. The van der Waals surface area contributed by atoms with Crippen LogP contribution in [0.5, 0.6) is 5.75 Å². The molecule has 0 spiro atoms. The molecule has 144 valence electrons. The largest absolute Gasteiger partial charge is 0.508 e. The standard InChI is InChI=1S/C22H21FN2O3/c23-14-6-9-19-17(10-14)21(27)18(22(24)28)12-25(19)15-7-8-16(20(26)11-15)13-4-2-1-3-5-13/h6-13,26H,1-5H2,(H2,24,28). The van der Waals surface area contributed by atoms with Crippen LogP contribution >= 0.6 is 0 Å². The number of amides is 1. The molecule has 28 heavy (non-hydrogen) atoms. The van der Waals surface area contributed by atoms with E-state index in [2.05, 4.69) is 0 Å². The first-order valence-electron chi connectivity index (χ1n) is 9.43. The molecule has 3 N–H and O–H groups in total. The average Bonchev–Trinajstić information content (AvgIpc) is 2.69. The first-order chi connectivity index (χ1) is 13.5. The number of fused-ring (bicyclic) bond motifs is 1. The maximum atomic E-state index is 13.7. The van der Waals surface area contributed by atoms with E-state index in [1.165, 1.54) is 24.8 Å². The summed E-state index contributed by atoms with van der Waals surface area (Å²) in [6, 6.07) is 9.15. The van der Waals surface area contributed by atoms with Gasteiger partial charge in [-0.2, -0.15) is 0 Å². The minimum absolute atomic E-state index is 0.0622. The van der Waals surface area contributed by atoms with Crippen molar-refractivity contribution >= 4 is 16.8 Å². The summed E-state index contributed by atoms with van der Waals surface area (Å²) in [5.41, 5.74) is 6.42. The van der Waals surface area contributed by atoms with Gasteiger partial charge in [-0.15, -0.1) is 0 Å². The monoisotopic (exact) mass is 380 g/mol. The van der Waals surface area contributed by atoms with Crippen molar-refractivity contribution in [1.82, 2.24) is 4.57 Å². The lowest BCUT2D eigenvalue weighted by atomic mass is 9.83. The quantitative estimate of drug-likeness (QED) is 0.721. The van der Waals surface area contributed by atoms with Crippen molar-refractivity contribution in [3.05, 3.63) is 69.8 Å². The molecule has 3 aromatic rings. The van der Waals surface area contributed by atoms with Crippen LogP contribution in [-0.4, -0.2) is 15.6 Å². The predicted octanol–water partition coefficient (Wildman–Crippen LogP) is 3.98. The summed E-state index contributed by atoms with van der Waals surface area (Å²) in [6.45, 7) is 0. The molecule has 2 aromatic carbocycles. The van der Waals surface area contributed by atoms with E-state index in [9.17, 15) is 19.1 Å². The molecule has 1 heterocycles. The lowest BCUT2D eigenvalue weighted by Crippen LogP contribution is -2.24. The van der Waals surface area contributed by atoms with Gasteiger partial charge in [0, 0.05) is 23.3 Å². The van der Waals surface area contributed by atoms with Gasteiger partial charge in [0.25, 0.3) is 5.91 Å². The van der Waals surface area contributed by atoms with E-state index in [0.29, 0.717) is 17.1 Å². The van der Waals surface area contributed by atoms with Crippen molar-refractivity contribution in [1.29, 1.82) is 0 Å². The van der Waals surface area contributed by atoms with Gasteiger partial charge in [0.05, 0.1) is 5.52 Å². The number of pyridine rings is 1. The fraction of sp³-hybridized carbons (Fsp3) is 0.273.